The van der Waals surface area contributed by atoms with Gasteiger partial charge < -0.3 is 9.84 Å². The second kappa shape index (κ2) is 9.71. The molecule has 1 aliphatic rings. The number of benzene rings is 1. The van der Waals surface area contributed by atoms with Crippen LogP contribution in [-0.2, 0) is 15.6 Å². The van der Waals surface area contributed by atoms with E-state index in [1.54, 1.807) is 22.7 Å². The van der Waals surface area contributed by atoms with Crippen molar-refractivity contribution >= 4 is 40.4 Å². The lowest BCUT2D eigenvalue weighted by Gasteiger charge is -2.34. The number of thioether (sulfide) groups is 1. The SMILES string of the molecule is CC(C)(C)c1cc(C(=O)OC2CC(c3cccs3)SC(c3cccs3)C2)cc(C(C)(C)C)c1O. The van der Waals surface area contributed by atoms with Gasteiger partial charge >= 0.3 is 5.97 Å². The Labute approximate surface area is 215 Å². The topological polar surface area (TPSA) is 46.5 Å². The molecule has 4 rings (SSSR count). The zero-order chi connectivity index (χ0) is 24.7. The van der Waals surface area contributed by atoms with Gasteiger partial charge in [0.25, 0.3) is 0 Å². The largest absolute Gasteiger partial charge is 0.507 e. The van der Waals surface area contributed by atoms with Crippen molar-refractivity contribution in [1.29, 1.82) is 0 Å². The van der Waals surface area contributed by atoms with Crippen LogP contribution in [0, 0.1) is 0 Å². The Kier molecular flexibility index (Phi) is 7.24. The predicted molar refractivity (Wildman–Crippen MR) is 146 cm³/mol. The van der Waals surface area contributed by atoms with Crippen molar-refractivity contribution in [2.75, 3.05) is 0 Å². The Morgan fingerprint density at radius 3 is 1.74 bits per heavy atom. The fourth-order valence-corrected chi connectivity index (χ4v) is 7.99. The summed E-state index contributed by atoms with van der Waals surface area (Å²) in [6.45, 7) is 12.3. The number of phenols is 1. The maximum atomic E-state index is 13.5. The van der Waals surface area contributed by atoms with Gasteiger partial charge in [0.15, 0.2) is 0 Å². The molecule has 1 aromatic carbocycles. The van der Waals surface area contributed by atoms with Crippen LogP contribution in [0.25, 0.3) is 0 Å². The first-order valence-corrected chi connectivity index (χ1v) is 14.4. The van der Waals surface area contributed by atoms with Gasteiger partial charge in [-0.05, 0) is 45.9 Å². The second-order valence-corrected chi connectivity index (χ2v) is 14.4. The first kappa shape index (κ1) is 25.3. The smallest absolute Gasteiger partial charge is 0.338 e. The number of phenolic OH excluding ortho intramolecular Hbond substituents is 1. The summed E-state index contributed by atoms with van der Waals surface area (Å²) >= 11 is 5.53. The lowest BCUT2D eigenvalue weighted by molar-refractivity contribution is 0.0249. The van der Waals surface area contributed by atoms with Crippen LogP contribution in [0.3, 0.4) is 0 Å². The molecule has 0 radical (unpaired) electrons. The highest BCUT2D eigenvalue weighted by molar-refractivity contribution is 8.00. The van der Waals surface area contributed by atoms with Gasteiger partial charge in [0.05, 0.1) is 5.56 Å². The summed E-state index contributed by atoms with van der Waals surface area (Å²) in [4.78, 5) is 16.1. The third-order valence-electron chi connectivity index (χ3n) is 6.24. The molecule has 0 amide bonds. The average Bonchev–Trinajstić information content (AvgIpc) is 3.46. The molecule has 6 heteroatoms. The van der Waals surface area contributed by atoms with Crippen molar-refractivity contribution in [2.24, 2.45) is 0 Å². The summed E-state index contributed by atoms with van der Waals surface area (Å²) in [5, 5.41) is 15.9. The molecule has 34 heavy (non-hydrogen) atoms. The normalized spacial score (nSPS) is 21.4. The van der Waals surface area contributed by atoms with E-state index in [4.69, 9.17) is 4.74 Å². The lowest BCUT2D eigenvalue weighted by Crippen LogP contribution is -2.26. The zero-order valence-corrected chi connectivity index (χ0v) is 23.2. The lowest BCUT2D eigenvalue weighted by atomic mass is 9.78. The highest BCUT2D eigenvalue weighted by atomic mass is 32.2. The minimum absolute atomic E-state index is 0.155. The third kappa shape index (κ3) is 5.55. The Morgan fingerprint density at radius 2 is 1.35 bits per heavy atom. The quantitative estimate of drug-likeness (QED) is 0.354. The minimum Gasteiger partial charge on any atom is -0.507 e. The molecule has 1 aliphatic heterocycles. The van der Waals surface area contributed by atoms with Gasteiger partial charge in [-0.15, -0.1) is 34.4 Å². The van der Waals surface area contributed by atoms with Crippen molar-refractivity contribution < 1.29 is 14.6 Å². The van der Waals surface area contributed by atoms with E-state index in [1.165, 1.54) is 9.75 Å². The highest BCUT2D eigenvalue weighted by Crippen LogP contribution is 2.52. The molecule has 3 nitrogen and oxygen atoms in total. The van der Waals surface area contributed by atoms with E-state index in [-0.39, 0.29) is 28.7 Å². The fraction of sp³-hybridized carbons (Fsp3) is 0.464. The molecule has 0 bridgehead atoms. The van der Waals surface area contributed by atoms with Crippen molar-refractivity contribution in [3.8, 4) is 5.75 Å². The number of rotatable bonds is 4. The highest BCUT2D eigenvalue weighted by Gasteiger charge is 2.35. The molecule has 1 saturated heterocycles. The molecule has 2 unspecified atom stereocenters. The van der Waals surface area contributed by atoms with Gasteiger partial charge in [-0.1, -0.05) is 53.7 Å². The Balaban J connectivity index is 1.63. The minimum atomic E-state index is -0.303. The molecule has 0 spiro atoms. The van der Waals surface area contributed by atoms with E-state index in [9.17, 15) is 9.90 Å². The molecule has 1 fully saturated rings. The van der Waals surface area contributed by atoms with E-state index in [1.807, 2.05) is 23.9 Å². The van der Waals surface area contributed by atoms with E-state index in [0.717, 1.165) is 24.0 Å². The van der Waals surface area contributed by atoms with Crippen LogP contribution in [0.1, 0.15) is 96.1 Å². The number of hydrogen-bond acceptors (Lipinski definition) is 6. The van der Waals surface area contributed by atoms with Crippen LogP contribution < -0.4 is 0 Å². The van der Waals surface area contributed by atoms with Crippen molar-refractivity contribution in [1.82, 2.24) is 0 Å². The van der Waals surface area contributed by atoms with Gasteiger partial charge in [-0.25, -0.2) is 4.79 Å². The Hall–Kier alpha value is -1.76. The molecule has 0 saturated carbocycles. The summed E-state index contributed by atoms with van der Waals surface area (Å²) in [6.07, 6.45) is 1.47. The maximum Gasteiger partial charge on any atom is 0.338 e. The van der Waals surface area contributed by atoms with Crippen molar-refractivity contribution in [3.63, 3.8) is 0 Å². The van der Waals surface area contributed by atoms with Crippen LogP contribution in [0.5, 0.6) is 5.75 Å². The van der Waals surface area contributed by atoms with Gasteiger partial charge in [-0.3, -0.25) is 0 Å². The summed E-state index contributed by atoms with van der Waals surface area (Å²) in [7, 11) is 0. The van der Waals surface area contributed by atoms with Crippen LogP contribution in [0.2, 0.25) is 0 Å². The molecule has 2 atom stereocenters. The van der Waals surface area contributed by atoms with Gasteiger partial charge in [0, 0.05) is 44.2 Å². The van der Waals surface area contributed by atoms with Crippen molar-refractivity contribution in [3.05, 3.63) is 73.6 Å². The monoisotopic (exact) mass is 514 g/mol. The summed E-state index contributed by atoms with van der Waals surface area (Å²) in [6, 6.07) is 12.2. The molecule has 2 aromatic heterocycles. The van der Waals surface area contributed by atoms with Crippen LogP contribution in [-0.4, -0.2) is 17.2 Å². The molecule has 3 heterocycles. The summed E-state index contributed by atoms with van der Waals surface area (Å²) < 4.78 is 6.18. The second-order valence-electron chi connectivity index (χ2n) is 11.1. The Bertz CT molecular complexity index is 1040. The van der Waals surface area contributed by atoms with Crippen molar-refractivity contribution in [2.45, 2.75) is 81.8 Å². The van der Waals surface area contributed by atoms with E-state index < -0.39 is 0 Å². The van der Waals surface area contributed by atoms with Gasteiger partial charge in [0.1, 0.15) is 11.9 Å². The summed E-state index contributed by atoms with van der Waals surface area (Å²) in [5.74, 6) is -0.0242. The average molecular weight is 515 g/mol. The van der Waals surface area contributed by atoms with Gasteiger partial charge in [0.2, 0.25) is 0 Å². The number of carbonyl (C=O) groups excluding carboxylic acids is 1. The first-order chi connectivity index (χ1) is 15.9. The van der Waals surface area contributed by atoms with Gasteiger partial charge in [-0.2, -0.15) is 0 Å². The number of aromatic hydroxyl groups is 1. The molecule has 1 N–H and O–H groups in total. The number of thiophene rings is 2. The van der Waals surface area contributed by atoms with Crippen LogP contribution in [0.15, 0.2) is 47.2 Å². The molecule has 0 aliphatic carbocycles. The van der Waals surface area contributed by atoms with Crippen LogP contribution in [0.4, 0.5) is 0 Å². The molecule has 3 aromatic rings. The first-order valence-electron chi connectivity index (χ1n) is 11.7. The van der Waals surface area contributed by atoms with E-state index in [0.29, 0.717) is 16.1 Å². The maximum absolute atomic E-state index is 13.5. The number of hydrogen-bond donors (Lipinski definition) is 1. The van der Waals surface area contributed by atoms with E-state index >= 15 is 0 Å². The standard InChI is InChI=1S/C28H34O3S3/c1-27(2,3)19-13-17(14-20(25(19)29)28(4,5)6)26(30)31-18-15-23(21-9-7-11-32-21)34-24(16-18)22-10-8-12-33-22/h7-14,18,23-24,29H,15-16H2,1-6H3. The predicted octanol–water partition coefficient (Wildman–Crippen LogP) is 8.65. The molecule has 182 valence electrons. The zero-order valence-electron chi connectivity index (χ0n) is 20.8. The Morgan fingerprint density at radius 1 is 0.882 bits per heavy atom. The van der Waals surface area contributed by atoms with E-state index in [2.05, 4.69) is 76.6 Å². The third-order valence-corrected chi connectivity index (χ3v) is 10.1. The number of esters is 1. The summed E-state index contributed by atoms with van der Waals surface area (Å²) in [5.41, 5.74) is 1.48. The molecular formula is C28H34O3S3. The number of ether oxygens (including phenoxy) is 1. The number of carbonyl (C=O) groups is 1. The fourth-order valence-electron chi connectivity index (χ4n) is 4.41. The van der Waals surface area contributed by atoms with Crippen LogP contribution >= 0.6 is 34.4 Å². The molecular weight excluding hydrogens is 481 g/mol.